The van der Waals surface area contributed by atoms with Crippen molar-refractivity contribution in [1.29, 1.82) is 0 Å². The van der Waals surface area contributed by atoms with E-state index in [1.54, 1.807) is 43.3 Å². The van der Waals surface area contributed by atoms with Crippen LogP contribution >= 0.6 is 0 Å². The van der Waals surface area contributed by atoms with Gasteiger partial charge < -0.3 is 18.9 Å². The minimum Gasteiger partial charge on any atom is -0.423 e. The van der Waals surface area contributed by atoms with Crippen molar-refractivity contribution in [3.63, 3.8) is 0 Å². The second kappa shape index (κ2) is 15.7. The van der Waals surface area contributed by atoms with Gasteiger partial charge >= 0.3 is 23.9 Å². The molecule has 0 radical (unpaired) electrons. The Labute approximate surface area is 284 Å². The Kier molecular flexibility index (Phi) is 11.3. The van der Waals surface area contributed by atoms with Gasteiger partial charge in [-0.1, -0.05) is 74.6 Å². The van der Waals surface area contributed by atoms with E-state index in [0.717, 1.165) is 17.2 Å². The molecule has 0 saturated heterocycles. The van der Waals surface area contributed by atoms with E-state index in [1.807, 2.05) is 36.4 Å². The Balaban J connectivity index is 1.64. The molecule has 4 aromatic rings. The van der Waals surface area contributed by atoms with Crippen LogP contribution in [0, 0.1) is 11.8 Å². The number of carbonyl (C=O) groups excluding carboxylic acids is 4. The van der Waals surface area contributed by atoms with Crippen molar-refractivity contribution < 1.29 is 38.1 Å². The molecule has 0 spiro atoms. The monoisotopic (exact) mass is 652 g/mol. The number of benzene rings is 4. The van der Waals surface area contributed by atoms with E-state index >= 15 is 0 Å². The molecule has 0 unspecified atom stereocenters. The van der Waals surface area contributed by atoms with E-state index in [-0.39, 0.29) is 28.4 Å². The van der Waals surface area contributed by atoms with Gasteiger partial charge in [-0.2, -0.15) is 0 Å². The zero-order chi connectivity index (χ0) is 35.7. The minimum absolute atomic E-state index is 0.00630. The van der Waals surface area contributed by atoms with Crippen molar-refractivity contribution in [2.45, 2.75) is 20.8 Å². The smallest absolute Gasteiger partial charge is 0.338 e. The van der Waals surface area contributed by atoms with Gasteiger partial charge in [0.25, 0.3) is 0 Å². The predicted molar refractivity (Wildman–Crippen MR) is 187 cm³/mol. The van der Waals surface area contributed by atoms with Crippen molar-refractivity contribution >= 4 is 23.9 Å². The first kappa shape index (κ1) is 35.1. The first-order valence-electron chi connectivity index (χ1n) is 14.8. The summed E-state index contributed by atoms with van der Waals surface area (Å²) in [6, 6.07) is 24.4. The molecule has 0 amide bonds. The Morgan fingerprint density at radius 1 is 0.531 bits per heavy atom. The highest BCUT2D eigenvalue weighted by Gasteiger charge is 2.17. The molecule has 0 atom stereocenters. The van der Waals surface area contributed by atoms with Crippen molar-refractivity contribution in [1.82, 2.24) is 0 Å². The molecule has 0 fully saturated rings. The first-order valence-corrected chi connectivity index (χ1v) is 14.8. The van der Waals surface area contributed by atoms with Gasteiger partial charge in [0.1, 0.15) is 11.5 Å². The second-order valence-electron chi connectivity index (χ2n) is 10.9. The molecule has 0 saturated carbocycles. The molecule has 0 N–H and O–H groups in total. The highest BCUT2D eigenvalue weighted by molar-refractivity contribution is 5.91. The average Bonchev–Trinajstić information content (AvgIpc) is 3.08. The van der Waals surface area contributed by atoms with Gasteiger partial charge in [0.05, 0.1) is 5.56 Å². The summed E-state index contributed by atoms with van der Waals surface area (Å²) in [5.41, 5.74) is 4.82. The van der Waals surface area contributed by atoms with E-state index in [4.69, 9.17) is 18.9 Å². The lowest BCUT2D eigenvalue weighted by Gasteiger charge is -2.13. The molecule has 244 valence electrons. The molecule has 0 heterocycles. The van der Waals surface area contributed by atoms with Crippen LogP contribution in [0.2, 0.25) is 0 Å². The van der Waals surface area contributed by atoms with Crippen LogP contribution in [0.4, 0.5) is 0 Å². The van der Waals surface area contributed by atoms with Crippen LogP contribution in [0.25, 0.3) is 22.3 Å². The van der Waals surface area contributed by atoms with Gasteiger partial charge in [-0.3, -0.25) is 0 Å². The molecule has 4 aromatic carbocycles. The summed E-state index contributed by atoms with van der Waals surface area (Å²) >= 11 is 0. The third-order valence-corrected chi connectivity index (χ3v) is 6.71. The van der Waals surface area contributed by atoms with Crippen LogP contribution in [0.15, 0.2) is 134 Å². The van der Waals surface area contributed by atoms with Crippen LogP contribution in [0.3, 0.4) is 0 Å². The minimum atomic E-state index is -0.732. The van der Waals surface area contributed by atoms with E-state index in [0.29, 0.717) is 33.6 Å². The normalized spacial score (nSPS) is 10.0. The maximum absolute atomic E-state index is 12.6. The van der Waals surface area contributed by atoms with Crippen LogP contribution < -0.4 is 18.9 Å². The summed E-state index contributed by atoms with van der Waals surface area (Å²) in [5.74, 6) is 4.22. The van der Waals surface area contributed by atoms with Gasteiger partial charge in [-0.15, -0.1) is 0 Å². The third kappa shape index (κ3) is 9.41. The lowest BCUT2D eigenvalue weighted by Crippen LogP contribution is -2.11. The standard InChI is InChI=1S/C41H32O8/c1-8-38(42)47-35-22-19-33(24-37(35)49-41(45)27(6)7)32-16-15-31(36(23-32)48-40(44)26(4)5)14-11-28-9-12-29(13-10-28)30-17-20-34(21-18-30)46-39(43)25(2)3/h8-10,12-13,15-24H,1-2,4,6H2,3,5,7H3. The number of ether oxygens (including phenoxy) is 4. The maximum Gasteiger partial charge on any atom is 0.338 e. The summed E-state index contributed by atoms with van der Waals surface area (Å²) in [5, 5.41) is 0. The Hall–Kier alpha value is -6.72. The fourth-order valence-electron chi connectivity index (χ4n) is 4.06. The summed E-state index contributed by atoms with van der Waals surface area (Å²) in [6.45, 7) is 18.8. The number of hydrogen-bond donors (Lipinski definition) is 0. The molecule has 0 aliphatic carbocycles. The largest absolute Gasteiger partial charge is 0.423 e. The topological polar surface area (TPSA) is 105 Å². The quantitative estimate of drug-likeness (QED) is 0.0736. The van der Waals surface area contributed by atoms with Gasteiger partial charge in [0.2, 0.25) is 0 Å². The van der Waals surface area contributed by atoms with E-state index in [2.05, 4.69) is 38.2 Å². The molecule has 8 heteroatoms. The number of hydrogen-bond acceptors (Lipinski definition) is 8. The molecular weight excluding hydrogens is 620 g/mol. The van der Waals surface area contributed by atoms with Gasteiger partial charge in [-0.25, -0.2) is 19.2 Å². The molecule has 8 nitrogen and oxygen atoms in total. The van der Waals surface area contributed by atoms with Crippen LogP contribution in [-0.2, 0) is 19.2 Å². The molecule has 49 heavy (non-hydrogen) atoms. The Bertz CT molecular complexity index is 2070. The number of rotatable bonds is 10. The number of carbonyl (C=O) groups is 4. The molecule has 0 bridgehead atoms. The predicted octanol–water partition coefficient (Wildman–Crippen LogP) is 7.96. The van der Waals surface area contributed by atoms with E-state index in [9.17, 15) is 19.2 Å². The van der Waals surface area contributed by atoms with Crippen LogP contribution in [-0.4, -0.2) is 23.9 Å². The molecule has 0 aliphatic rings. The molecule has 4 rings (SSSR count). The van der Waals surface area contributed by atoms with Gasteiger partial charge in [0, 0.05) is 28.4 Å². The lowest BCUT2D eigenvalue weighted by molar-refractivity contribution is -0.132. The summed E-state index contributed by atoms with van der Waals surface area (Å²) in [6.07, 6.45) is 0.986. The van der Waals surface area contributed by atoms with Crippen molar-refractivity contribution in [3.8, 4) is 57.1 Å². The third-order valence-electron chi connectivity index (χ3n) is 6.71. The summed E-state index contributed by atoms with van der Waals surface area (Å²) in [4.78, 5) is 48.5. The van der Waals surface area contributed by atoms with Crippen molar-refractivity contribution in [2.75, 3.05) is 0 Å². The molecule has 0 aromatic heterocycles. The SMILES string of the molecule is C=CC(=O)Oc1ccc(-c2ccc(C#Cc3ccc(-c4ccc(OC(=O)C(=C)C)cc4)cc3)c(OC(=O)C(=C)C)c2)cc1OC(=O)C(=C)C. The van der Waals surface area contributed by atoms with E-state index in [1.165, 1.54) is 26.0 Å². The first-order chi connectivity index (χ1) is 23.3. The van der Waals surface area contributed by atoms with Crippen molar-refractivity contribution in [3.05, 3.63) is 145 Å². The molecule has 0 aliphatic heterocycles. The zero-order valence-corrected chi connectivity index (χ0v) is 27.3. The zero-order valence-electron chi connectivity index (χ0n) is 27.3. The van der Waals surface area contributed by atoms with Crippen LogP contribution in [0.5, 0.6) is 23.0 Å². The van der Waals surface area contributed by atoms with E-state index < -0.39 is 23.9 Å². The van der Waals surface area contributed by atoms with Gasteiger partial charge in [0.15, 0.2) is 11.5 Å². The van der Waals surface area contributed by atoms with Crippen molar-refractivity contribution in [2.24, 2.45) is 0 Å². The maximum atomic E-state index is 12.6. The van der Waals surface area contributed by atoms with Gasteiger partial charge in [-0.05, 0) is 91.6 Å². The molecular formula is C41H32O8. The number of esters is 4. The Morgan fingerprint density at radius 3 is 1.55 bits per heavy atom. The highest BCUT2D eigenvalue weighted by Crippen LogP contribution is 2.35. The second-order valence-corrected chi connectivity index (χ2v) is 10.9. The fourth-order valence-corrected chi connectivity index (χ4v) is 4.06. The summed E-state index contributed by atoms with van der Waals surface area (Å²) < 4.78 is 21.6. The van der Waals surface area contributed by atoms with Crippen LogP contribution in [0.1, 0.15) is 31.9 Å². The highest BCUT2D eigenvalue weighted by atomic mass is 16.6. The lowest BCUT2D eigenvalue weighted by atomic mass is 10.0. The average molecular weight is 653 g/mol. The summed E-state index contributed by atoms with van der Waals surface area (Å²) in [7, 11) is 0. The Morgan fingerprint density at radius 2 is 1.00 bits per heavy atom. The fraction of sp³-hybridized carbons (Fsp3) is 0.0732.